The molecule has 2 atom stereocenters. The molecule has 3 N–H and O–H groups in total. The van der Waals surface area contributed by atoms with Crippen molar-refractivity contribution in [3.63, 3.8) is 0 Å². The Balaban J connectivity index is 1.62. The Morgan fingerprint density at radius 2 is 2.00 bits per heavy atom. The lowest BCUT2D eigenvalue weighted by Gasteiger charge is -2.23. The summed E-state index contributed by atoms with van der Waals surface area (Å²) in [6.45, 7) is 4.82. The van der Waals surface area contributed by atoms with Gasteiger partial charge >= 0.3 is 12.0 Å². The van der Waals surface area contributed by atoms with E-state index in [-0.39, 0.29) is 11.4 Å². The summed E-state index contributed by atoms with van der Waals surface area (Å²) < 4.78 is 11.1. The van der Waals surface area contributed by atoms with Crippen molar-refractivity contribution in [1.29, 1.82) is 0 Å². The van der Waals surface area contributed by atoms with Crippen molar-refractivity contribution in [3.8, 4) is 0 Å². The van der Waals surface area contributed by atoms with E-state index in [0.717, 1.165) is 23.3 Å². The molecule has 9 heteroatoms. The minimum atomic E-state index is -1.53. The molecule has 1 saturated heterocycles. The standard InChI is InChI=1S/C21H27N3O6/c1-19(2,3)29-15(25)10-24-16(26)21(30-18(24)28)11-20(7-8-20)14-9-12(5-6-13(14)21)23-17(27)22-4/h5-6,9,18,28H,7-8,10-11H2,1-4H3,(H2,22,23,27). The monoisotopic (exact) mass is 417 g/mol. The fraction of sp³-hybridized carbons (Fsp3) is 0.571. The van der Waals surface area contributed by atoms with Crippen molar-refractivity contribution in [3.05, 3.63) is 29.3 Å². The zero-order valence-corrected chi connectivity index (χ0v) is 17.6. The molecule has 2 fully saturated rings. The second kappa shape index (κ2) is 6.68. The summed E-state index contributed by atoms with van der Waals surface area (Å²) in [6, 6.07) is 5.00. The van der Waals surface area contributed by atoms with Gasteiger partial charge in [0, 0.05) is 12.7 Å². The fourth-order valence-electron chi connectivity index (χ4n) is 4.46. The number of ether oxygens (including phenoxy) is 2. The van der Waals surface area contributed by atoms with Crippen LogP contribution in [0.2, 0.25) is 0 Å². The first-order valence-corrected chi connectivity index (χ1v) is 10.0. The maximum absolute atomic E-state index is 13.4. The number of nitrogens with one attached hydrogen (secondary N) is 2. The molecule has 2 aliphatic carbocycles. The molecule has 1 aromatic rings. The summed E-state index contributed by atoms with van der Waals surface area (Å²) in [5.74, 6) is -1.06. The van der Waals surface area contributed by atoms with Crippen molar-refractivity contribution < 1.29 is 29.0 Å². The van der Waals surface area contributed by atoms with E-state index in [1.54, 1.807) is 32.9 Å². The SMILES string of the molecule is CNC(=O)Nc1ccc2c(c1)C1(CC1)CC21OC(O)N(CC(=O)OC(C)(C)C)C1=O. The summed E-state index contributed by atoms with van der Waals surface area (Å²) in [4.78, 5) is 38.3. The maximum Gasteiger partial charge on any atom is 0.326 e. The Morgan fingerprint density at radius 3 is 2.60 bits per heavy atom. The number of hydrogen-bond acceptors (Lipinski definition) is 6. The van der Waals surface area contributed by atoms with E-state index in [9.17, 15) is 19.5 Å². The van der Waals surface area contributed by atoms with Crippen LogP contribution in [-0.4, -0.2) is 53.5 Å². The van der Waals surface area contributed by atoms with Crippen molar-refractivity contribution in [2.45, 2.75) is 63.1 Å². The van der Waals surface area contributed by atoms with Crippen LogP contribution in [0.3, 0.4) is 0 Å². The van der Waals surface area contributed by atoms with E-state index in [2.05, 4.69) is 10.6 Å². The summed E-state index contributed by atoms with van der Waals surface area (Å²) in [5, 5.41) is 15.7. The minimum absolute atomic E-state index is 0.215. The number of amides is 3. The van der Waals surface area contributed by atoms with Crippen LogP contribution in [0.15, 0.2) is 18.2 Å². The zero-order chi connectivity index (χ0) is 21.9. The van der Waals surface area contributed by atoms with Crippen molar-refractivity contribution in [1.82, 2.24) is 10.2 Å². The highest BCUT2D eigenvalue weighted by Crippen LogP contribution is 2.65. The number of urea groups is 1. The third kappa shape index (κ3) is 3.31. The van der Waals surface area contributed by atoms with E-state index >= 15 is 0 Å². The van der Waals surface area contributed by atoms with Gasteiger partial charge in [-0.2, -0.15) is 0 Å². The molecule has 3 amide bonds. The number of hydrogen-bond donors (Lipinski definition) is 3. The summed E-state index contributed by atoms with van der Waals surface area (Å²) in [6.07, 6.45) is 0.656. The summed E-state index contributed by atoms with van der Waals surface area (Å²) in [5.41, 5.74) is -0.0104. The lowest BCUT2D eigenvalue weighted by atomic mass is 9.94. The van der Waals surface area contributed by atoms with E-state index in [4.69, 9.17) is 9.47 Å². The van der Waals surface area contributed by atoms with Crippen LogP contribution in [0, 0.1) is 0 Å². The van der Waals surface area contributed by atoms with Crippen LogP contribution in [0.1, 0.15) is 51.2 Å². The van der Waals surface area contributed by atoms with Gasteiger partial charge in [-0.25, -0.2) is 4.79 Å². The predicted molar refractivity (Wildman–Crippen MR) is 106 cm³/mol. The van der Waals surface area contributed by atoms with Crippen molar-refractivity contribution >= 4 is 23.6 Å². The van der Waals surface area contributed by atoms with Crippen LogP contribution < -0.4 is 10.6 Å². The van der Waals surface area contributed by atoms with Gasteiger partial charge in [0.2, 0.25) is 6.41 Å². The molecule has 2 spiro atoms. The second-order valence-electron chi connectivity index (χ2n) is 9.21. The minimum Gasteiger partial charge on any atom is -0.459 e. The number of anilines is 1. The van der Waals surface area contributed by atoms with E-state index in [1.165, 1.54) is 7.05 Å². The molecule has 0 radical (unpaired) electrons. The average molecular weight is 417 g/mol. The lowest BCUT2D eigenvalue weighted by Crippen LogP contribution is -2.43. The largest absolute Gasteiger partial charge is 0.459 e. The Bertz CT molecular complexity index is 920. The molecular weight excluding hydrogens is 390 g/mol. The molecule has 3 aliphatic rings. The molecule has 0 bridgehead atoms. The van der Waals surface area contributed by atoms with Crippen LogP contribution in [0.25, 0.3) is 0 Å². The molecule has 2 unspecified atom stereocenters. The fourth-order valence-corrected chi connectivity index (χ4v) is 4.46. The first-order valence-electron chi connectivity index (χ1n) is 10.0. The van der Waals surface area contributed by atoms with Crippen LogP contribution in [0.5, 0.6) is 0 Å². The zero-order valence-electron chi connectivity index (χ0n) is 17.6. The van der Waals surface area contributed by atoms with Gasteiger partial charge in [-0.15, -0.1) is 0 Å². The number of fused-ring (bicyclic) bond motifs is 3. The molecule has 0 aromatic heterocycles. The molecule has 1 aromatic carbocycles. The number of rotatable bonds is 3. The number of nitrogens with zero attached hydrogens (tertiary/aromatic N) is 1. The number of carbonyl (C=O) groups excluding carboxylic acids is 3. The highest BCUT2D eigenvalue weighted by molar-refractivity contribution is 5.94. The molecule has 1 saturated carbocycles. The first kappa shape index (κ1) is 20.6. The van der Waals surface area contributed by atoms with Crippen molar-refractivity contribution in [2.75, 3.05) is 18.9 Å². The van der Waals surface area contributed by atoms with Gasteiger partial charge in [-0.1, -0.05) is 6.07 Å². The Hall–Kier alpha value is -2.65. The summed E-state index contributed by atoms with van der Waals surface area (Å²) in [7, 11) is 1.53. The molecule has 1 aliphatic heterocycles. The average Bonchev–Trinajstić information content (AvgIpc) is 3.32. The number of aliphatic hydroxyl groups is 1. The number of carbonyl (C=O) groups is 3. The highest BCUT2D eigenvalue weighted by Gasteiger charge is 2.66. The van der Waals surface area contributed by atoms with Gasteiger partial charge in [0.15, 0.2) is 5.60 Å². The molecule has 1 heterocycles. The van der Waals surface area contributed by atoms with Gasteiger partial charge in [0.1, 0.15) is 12.1 Å². The lowest BCUT2D eigenvalue weighted by molar-refractivity contribution is -0.187. The van der Waals surface area contributed by atoms with Crippen molar-refractivity contribution in [2.24, 2.45) is 0 Å². The maximum atomic E-state index is 13.4. The third-order valence-corrected chi connectivity index (χ3v) is 5.85. The van der Waals surface area contributed by atoms with Gasteiger partial charge in [0.25, 0.3) is 5.91 Å². The Morgan fingerprint density at radius 1 is 1.30 bits per heavy atom. The second-order valence-corrected chi connectivity index (χ2v) is 9.21. The van der Waals surface area contributed by atoms with Gasteiger partial charge < -0.3 is 25.2 Å². The van der Waals surface area contributed by atoms with Gasteiger partial charge in [0.05, 0.1) is 0 Å². The quantitative estimate of drug-likeness (QED) is 0.643. The first-order chi connectivity index (χ1) is 14.0. The molecular formula is C21H27N3O6. The number of aliphatic hydroxyl groups excluding tert-OH is 1. The molecule has 9 nitrogen and oxygen atoms in total. The third-order valence-electron chi connectivity index (χ3n) is 5.85. The predicted octanol–water partition coefficient (Wildman–Crippen LogP) is 1.54. The molecule has 162 valence electrons. The van der Waals surface area contributed by atoms with Crippen LogP contribution in [-0.2, 0) is 30.1 Å². The number of benzene rings is 1. The van der Waals surface area contributed by atoms with Gasteiger partial charge in [-0.05, 0) is 68.7 Å². The molecule has 4 rings (SSSR count). The van der Waals surface area contributed by atoms with Gasteiger partial charge in [-0.3, -0.25) is 14.5 Å². The van der Waals surface area contributed by atoms with E-state index in [1.807, 2.05) is 6.07 Å². The topological polar surface area (TPSA) is 117 Å². The smallest absolute Gasteiger partial charge is 0.326 e. The Kier molecular flexibility index (Phi) is 4.59. The Labute approximate surface area is 174 Å². The van der Waals surface area contributed by atoms with E-state index < -0.39 is 36.0 Å². The highest BCUT2D eigenvalue weighted by atomic mass is 16.7. The van der Waals surface area contributed by atoms with Crippen LogP contribution >= 0.6 is 0 Å². The summed E-state index contributed by atoms with van der Waals surface area (Å²) >= 11 is 0. The van der Waals surface area contributed by atoms with Crippen LogP contribution in [0.4, 0.5) is 10.5 Å². The normalized spacial score (nSPS) is 26.1. The molecule has 30 heavy (non-hydrogen) atoms. The van der Waals surface area contributed by atoms with E-state index in [0.29, 0.717) is 17.7 Å². The number of esters is 1.